The van der Waals surface area contributed by atoms with E-state index in [-0.39, 0.29) is 18.2 Å². The average Bonchev–Trinajstić information content (AvgIpc) is 2.91. The van der Waals surface area contributed by atoms with E-state index in [1.807, 2.05) is 6.07 Å². The molecule has 1 aliphatic heterocycles. The number of hydrogen-bond donors (Lipinski definition) is 1. The number of halogens is 2. The summed E-state index contributed by atoms with van der Waals surface area (Å²) in [4.78, 5) is 31.4. The maximum atomic E-state index is 13.2. The quantitative estimate of drug-likeness (QED) is 0.658. The lowest BCUT2D eigenvalue weighted by Gasteiger charge is -2.20. The number of pyridine rings is 1. The summed E-state index contributed by atoms with van der Waals surface area (Å²) >= 11 is 6.22. The van der Waals surface area contributed by atoms with Gasteiger partial charge in [0.05, 0.1) is 28.0 Å². The zero-order chi connectivity index (χ0) is 22.8. The van der Waals surface area contributed by atoms with Crippen molar-refractivity contribution in [2.75, 3.05) is 18.6 Å². The summed E-state index contributed by atoms with van der Waals surface area (Å²) in [6.07, 6.45) is 0. The average molecular weight is 451 g/mol. The monoisotopic (exact) mass is 450 g/mol. The van der Waals surface area contributed by atoms with Crippen molar-refractivity contribution in [3.63, 3.8) is 0 Å². The fourth-order valence-corrected chi connectivity index (χ4v) is 3.50. The van der Waals surface area contributed by atoms with E-state index >= 15 is 0 Å². The van der Waals surface area contributed by atoms with Crippen molar-refractivity contribution in [1.82, 2.24) is 10.3 Å². The largest absolute Gasteiger partial charge is 0.489 e. The molecule has 1 atom stereocenters. The van der Waals surface area contributed by atoms with Gasteiger partial charge in [-0.1, -0.05) is 11.6 Å². The highest BCUT2D eigenvalue weighted by molar-refractivity contribution is 6.33. The van der Waals surface area contributed by atoms with Crippen LogP contribution in [0.15, 0.2) is 54.6 Å². The molecule has 7 nitrogen and oxygen atoms in total. The molecule has 32 heavy (non-hydrogen) atoms. The number of fused-ring (bicyclic) bond motifs is 1. The fraction of sp³-hybridized carbons (Fsp3) is 0.130. The van der Waals surface area contributed by atoms with Gasteiger partial charge in [-0.25, -0.2) is 9.37 Å². The molecule has 0 saturated carbocycles. The van der Waals surface area contributed by atoms with Crippen LogP contribution in [0.5, 0.6) is 5.75 Å². The highest BCUT2D eigenvalue weighted by Gasteiger charge is 2.31. The van der Waals surface area contributed by atoms with E-state index in [0.29, 0.717) is 33.3 Å². The highest BCUT2D eigenvalue weighted by atomic mass is 35.5. The number of aromatic nitrogens is 1. The molecule has 4 rings (SSSR count). The van der Waals surface area contributed by atoms with Crippen LogP contribution in [0.3, 0.4) is 0 Å². The van der Waals surface area contributed by atoms with Gasteiger partial charge >= 0.3 is 0 Å². The van der Waals surface area contributed by atoms with Gasteiger partial charge in [0, 0.05) is 18.7 Å². The van der Waals surface area contributed by atoms with Gasteiger partial charge in [-0.3, -0.25) is 9.59 Å². The van der Waals surface area contributed by atoms with Gasteiger partial charge in [0.2, 0.25) is 0 Å². The molecule has 1 N–H and O–H groups in total. The predicted octanol–water partition coefficient (Wildman–Crippen LogP) is 3.57. The number of ether oxygens (including phenoxy) is 1. The number of likely N-dealkylation sites (N-methyl/N-ethyl adjacent to an activating group) is 1. The molecule has 2 amide bonds. The first-order valence-corrected chi connectivity index (χ1v) is 9.93. The fourth-order valence-electron chi connectivity index (χ4n) is 3.29. The van der Waals surface area contributed by atoms with Gasteiger partial charge in [-0.05, 0) is 48.5 Å². The van der Waals surface area contributed by atoms with Crippen LogP contribution < -0.4 is 15.0 Å². The van der Waals surface area contributed by atoms with Crippen molar-refractivity contribution in [3.05, 3.63) is 76.7 Å². The maximum Gasteiger partial charge on any atom is 0.270 e. The van der Waals surface area contributed by atoms with Gasteiger partial charge in [0.25, 0.3) is 11.8 Å². The van der Waals surface area contributed by atoms with E-state index in [1.54, 1.807) is 25.2 Å². The number of nitrogens with one attached hydrogen (secondary N) is 1. The highest BCUT2D eigenvalue weighted by Crippen LogP contribution is 2.31. The van der Waals surface area contributed by atoms with Crippen LogP contribution in [0.25, 0.3) is 11.3 Å². The lowest BCUT2D eigenvalue weighted by molar-refractivity contribution is -0.120. The van der Waals surface area contributed by atoms with Crippen molar-refractivity contribution < 1.29 is 18.7 Å². The van der Waals surface area contributed by atoms with Crippen molar-refractivity contribution in [1.29, 1.82) is 5.26 Å². The minimum absolute atomic E-state index is 0.0395. The zero-order valence-electron chi connectivity index (χ0n) is 16.8. The number of benzene rings is 2. The van der Waals surface area contributed by atoms with E-state index in [1.165, 1.54) is 41.3 Å². The minimum atomic E-state index is -0.975. The Morgan fingerprint density at radius 2 is 2.00 bits per heavy atom. The first kappa shape index (κ1) is 21.3. The van der Waals surface area contributed by atoms with Crippen LogP contribution in [0.4, 0.5) is 10.1 Å². The molecule has 1 aromatic heterocycles. The van der Waals surface area contributed by atoms with Gasteiger partial charge in [-0.2, -0.15) is 5.26 Å². The number of rotatable bonds is 3. The van der Waals surface area contributed by atoms with E-state index in [9.17, 15) is 14.0 Å². The first-order valence-electron chi connectivity index (χ1n) is 9.55. The van der Waals surface area contributed by atoms with E-state index in [4.69, 9.17) is 21.6 Å². The summed E-state index contributed by atoms with van der Waals surface area (Å²) in [7, 11) is 1.56. The Kier molecular flexibility index (Phi) is 5.75. The lowest BCUT2D eigenvalue weighted by atomic mass is 10.1. The van der Waals surface area contributed by atoms with E-state index in [2.05, 4.69) is 10.3 Å². The molecule has 0 aliphatic carbocycles. The molecule has 1 aliphatic rings. The molecular weight excluding hydrogens is 435 g/mol. The van der Waals surface area contributed by atoms with Crippen LogP contribution in [0, 0.1) is 17.1 Å². The van der Waals surface area contributed by atoms with Crippen LogP contribution in [0.1, 0.15) is 16.1 Å². The van der Waals surface area contributed by atoms with Crippen LogP contribution in [-0.4, -0.2) is 36.5 Å². The maximum absolute atomic E-state index is 13.2. The van der Waals surface area contributed by atoms with E-state index < -0.39 is 17.8 Å². The molecule has 0 fully saturated rings. The van der Waals surface area contributed by atoms with Crippen molar-refractivity contribution in [3.8, 4) is 23.1 Å². The number of nitriles is 1. The van der Waals surface area contributed by atoms with Crippen molar-refractivity contribution in [2.24, 2.45) is 0 Å². The number of amides is 2. The Labute approximate surface area is 188 Å². The summed E-state index contributed by atoms with van der Waals surface area (Å²) in [5, 5.41) is 12.0. The number of anilines is 1. The summed E-state index contributed by atoms with van der Waals surface area (Å²) in [6.45, 7) is -0.116. The van der Waals surface area contributed by atoms with Crippen molar-refractivity contribution >= 4 is 29.1 Å². The van der Waals surface area contributed by atoms with Gasteiger partial charge < -0.3 is 15.0 Å². The lowest BCUT2D eigenvalue weighted by Crippen LogP contribution is -2.49. The van der Waals surface area contributed by atoms with Gasteiger partial charge in [0.15, 0.2) is 0 Å². The third-order valence-electron chi connectivity index (χ3n) is 4.99. The second kappa shape index (κ2) is 8.65. The Morgan fingerprint density at radius 1 is 1.25 bits per heavy atom. The minimum Gasteiger partial charge on any atom is -0.489 e. The Morgan fingerprint density at radius 3 is 2.72 bits per heavy atom. The van der Waals surface area contributed by atoms with Gasteiger partial charge in [-0.15, -0.1) is 0 Å². The summed E-state index contributed by atoms with van der Waals surface area (Å²) in [6, 6.07) is 14.3. The smallest absolute Gasteiger partial charge is 0.270 e. The summed E-state index contributed by atoms with van der Waals surface area (Å²) in [5.74, 6) is -1.00. The molecule has 0 spiro atoms. The number of hydrogen-bond acceptors (Lipinski definition) is 5. The molecule has 9 heteroatoms. The normalized spacial score (nSPS) is 15.2. The van der Waals surface area contributed by atoms with Crippen LogP contribution >= 0.6 is 11.6 Å². The Bertz CT molecular complexity index is 1260. The Hall–Kier alpha value is -3.96. The molecule has 160 valence electrons. The van der Waals surface area contributed by atoms with Gasteiger partial charge in [0.1, 0.15) is 29.9 Å². The molecular formula is C23H16ClFN4O3. The molecule has 2 aromatic carbocycles. The molecule has 0 bridgehead atoms. The summed E-state index contributed by atoms with van der Waals surface area (Å²) < 4.78 is 18.9. The standard InChI is InChI=1S/C23H16ClFN4O3/c1-29-19-9-2-13(11-26)10-20(19)32-12-18(23(29)31)28-22(30)17-8-7-16(24)21(27-17)14-3-5-15(25)6-4-14/h2-10,18H,12H2,1H3,(H,28,30). The SMILES string of the molecule is CN1C(=O)C(NC(=O)c2ccc(Cl)c(-c3ccc(F)cc3)n2)COc2cc(C#N)ccc21. The van der Waals surface area contributed by atoms with E-state index in [0.717, 1.165) is 0 Å². The van der Waals surface area contributed by atoms with Crippen LogP contribution in [0.2, 0.25) is 5.02 Å². The third kappa shape index (κ3) is 4.11. The summed E-state index contributed by atoms with van der Waals surface area (Å²) in [5.41, 5.74) is 1.79. The number of carbonyl (C=O) groups excluding carboxylic acids is 2. The topological polar surface area (TPSA) is 95.3 Å². The molecule has 0 radical (unpaired) electrons. The molecule has 3 aromatic rings. The van der Waals surface area contributed by atoms with Crippen LogP contribution in [-0.2, 0) is 4.79 Å². The third-order valence-corrected chi connectivity index (χ3v) is 5.29. The Balaban J connectivity index is 1.56. The second-order valence-corrected chi connectivity index (χ2v) is 7.47. The van der Waals surface area contributed by atoms with Crippen molar-refractivity contribution in [2.45, 2.75) is 6.04 Å². The predicted molar refractivity (Wildman–Crippen MR) is 116 cm³/mol. The first-order chi connectivity index (χ1) is 15.4. The second-order valence-electron chi connectivity index (χ2n) is 7.06. The number of carbonyl (C=O) groups is 2. The zero-order valence-corrected chi connectivity index (χ0v) is 17.6. The molecule has 2 heterocycles. The number of nitrogens with zero attached hydrogens (tertiary/aromatic N) is 3. The molecule has 1 unspecified atom stereocenters. The molecule has 0 saturated heterocycles.